The Morgan fingerprint density at radius 3 is 2.91 bits per heavy atom. The van der Waals surface area contributed by atoms with Gasteiger partial charge in [-0.2, -0.15) is 18.2 Å². The van der Waals surface area contributed by atoms with Crippen LogP contribution in [0.5, 0.6) is 5.88 Å². The maximum atomic E-state index is 12.1. The van der Waals surface area contributed by atoms with E-state index in [0.29, 0.717) is 25.3 Å². The van der Waals surface area contributed by atoms with Crippen LogP contribution >= 0.6 is 0 Å². The van der Waals surface area contributed by atoms with E-state index in [-0.39, 0.29) is 12.0 Å². The summed E-state index contributed by atoms with van der Waals surface area (Å²) in [4.78, 5) is 16.6. The molecule has 0 unspecified atom stereocenters. The van der Waals surface area contributed by atoms with E-state index in [2.05, 4.69) is 9.72 Å². The normalized spacial score (nSPS) is 18.9. The van der Waals surface area contributed by atoms with Gasteiger partial charge in [-0.15, -0.1) is 0 Å². The van der Waals surface area contributed by atoms with Gasteiger partial charge in [0, 0.05) is 12.6 Å². The molecule has 122 valence electrons. The standard InChI is InChI=1S/C13H16F3N3O3/c14-13(15,16)8-21-11-5-1-4-10(18-11)19-6-2-3-9(7-19)22-12(17)20/h1,4-5,9H,2-3,6-8H2,(H2,17,20)/t9-/m1/s1. The molecule has 1 aromatic heterocycles. The lowest BCUT2D eigenvalue weighted by atomic mass is 10.1. The molecule has 1 aliphatic rings. The fourth-order valence-corrected chi connectivity index (χ4v) is 2.22. The number of hydrogen-bond donors (Lipinski definition) is 1. The quantitative estimate of drug-likeness (QED) is 0.919. The molecule has 22 heavy (non-hydrogen) atoms. The van der Waals surface area contributed by atoms with Gasteiger partial charge in [0.15, 0.2) is 6.61 Å². The molecule has 1 atom stereocenters. The minimum absolute atomic E-state index is 0.104. The number of pyridine rings is 1. The van der Waals surface area contributed by atoms with Crippen molar-refractivity contribution >= 4 is 11.9 Å². The lowest BCUT2D eigenvalue weighted by Gasteiger charge is -2.32. The average Bonchev–Trinajstić information content (AvgIpc) is 2.44. The first kappa shape index (κ1) is 16.2. The summed E-state index contributed by atoms with van der Waals surface area (Å²) in [6.07, 6.45) is -4.17. The summed E-state index contributed by atoms with van der Waals surface area (Å²) < 4.78 is 46.0. The smallest absolute Gasteiger partial charge is 0.422 e. The Labute approximate surface area is 125 Å². The average molecular weight is 319 g/mol. The molecule has 0 saturated carbocycles. The molecule has 1 amide bonds. The third kappa shape index (κ3) is 4.97. The molecule has 0 bridgehead atoms. The molecular weight excluding hydrogens is 303 g/mol. The first-order valence-electron chi connectivity index (χ1n) is 6.71. The summed E-state index contributed by atoms with van der Waals surface area (Å²) in [6, 6.07) is 4.58. The molecule has 6 nitrogen and oxygen atoms in total. The number of nitrogens with zero attached hydrogens (tertiary/aromatic N) is 2. The Morgan fingerprint density at radius 2 is 2.23 bits per heavy atom. The van der Waals surface area contributed by atoms with Crippen molar-refractivity contribution in [2.24, 2.45) is 5.73 Å². The van der Waals surface area contributed by atoms with Crippen LogP contribution in [0.1, 0.15) is 12.8 Å². The van der Waals surface area contributed by atoms with Crippen LogP contribution in [0, 0.1) is 0 Å². The summed E-state index contributed by atoms with van der Waals surface area (Å²) >= 11 is 0. The van der Waals surface area contributed by atoms with Crippen LogP contribution in [0.3, 0.4) is 0 Å². The van der Waals surface area contributed by atoms with Gasteiger partial charge >= 0.3 is 12.3 Å². The van der Waals surface area contributed by atoms with Gasteiger partial charge in [0.05, 0.1) is 6.54 Å². The highest BCUT2D eigenvalue weighted by Crippen LogP contribution is 2.23. The fourth-order valence-electron chi connectivity index (χ4n) is 2.22. The van der Waals surface area contributed by atoms with E-state index < -0.39 is 18.9 Å². The van der Waals surface area contributed by atoms with Gasteiger partial charge in [-0.25, -0.2) is 4.79 Å². The Hall–Kier alpha value is -2.19. The molecule has 2 heterocycles. The zero-order chi connectivity index (χ0) is 16.2. The Bertz CT molecular complexity index is 525. The van der Waals surface area contributed by atoms with Gasteiger partial charge in [0.25, 0.3) is 0 Å². The van der Waals surface area contributed by atoms with Crippen LogP contribution in [0.2, 0.25) is 0 Å². The molecule has 0 aromatic carbocycles. The molecule has 0 radical (unpaired) electrons. The van der Waals surface area contributed by atoms with Gasteiger partial charge in [0.1, 0.15) is 11.9 Å². The number of anilines is 1. The second-order valence-corrected chi connectivity index (χ2v) is 4.89. The van der Waals surface area contributed by atoms with Crippen LogP contribution in [-0.4, -0.2) is 43.1 Å². The van der Waals surface area contributed by atoms with Crippen LogP contribution in [0.4, 0.5) is 23.8 Å². The van der Waals surface area contributed by atoms with E-state index in [1.54, 1.807) is 12.1 Å². The van der Waals surface area contributed by atoms with Crippen molar-refractivity contribution in [3.63, 3.8) is 0 Å². The van der Waals surface area contributed by atoms with Crippen molar-refractivity contribution in [2.45, 2.75) is 25.1 Å². The van der Waals surface area contributed by atoms with Gasteiger partial charge in [-0.05, 0) is 18.9 Å². The third-order valence-corrected chi connectivity index (χ3v) is 3.08. The molecule has 0 spiro atoms. The Balaban J connectivity index is 2.00. The largest absolute Gasteiger partial charge is 0.468 e. The number of carbonyl (C=O) groups is 1. The number of primary amides is 1. The number of halogens is 3. The molecule has 1 aliphatic heterocycles. The molecular formula is C13H16F3N3O3. The van der Waals surface area contributed by atoms with E-state index in [1.165, 1.54) is 6.07 Å². The third-order valence-electron chi connectivity index (χ3n) is 3.08. The summed E-state index contributed by atoms with van der Waals surface area (Å²) in [6.45, 7) is -0.343. The fraction of sp³-hybridized carbons (Fsp3) is 0.538. The van der Waals surface area contributed by atoms with Crippen molar-refractivity contribution in [3.8, 4) is 5.88 Å². The predicted molar refractivity (Wildman–Crippen MR) is 71.7 cm³/mol. The van der Waals surface area contributed by atoms with Crippen LogP contribution in [-0.2, 0) is 4.74 Å². The van der Waals surface area contributed by atoms with E-state index in [9.17, 15) is 18.0 Å². The van der Waals surface area contributed by atoms with Gasteiger partial charge in [0.2, 0.25) is 5.88 Å². The van der Waals surface area contributed by atoms with Crippen molar-refractivity contribution in [2.75, 3.05) is 24.6 Å². The SMILES string of the molecule is NC(=O)O[C@@H]1CCCN(c2cccc(OCC(F)(F)F)n2)C1. The summed E-state index contributed by atoms with van der Waals surface area (Å²) in [5.74, 6) is 0.366. The van der Waals surface area contributed by atoms with Crippen LogP contribution in [0.15, 0.2) is 18.2 Å². The monoisotopic (exact) mass is 319 g/mol. The first-order chi connectivity index (χ1) is 10.3. The number of rotatable bonds is 4. The molecule has 9 heteroatoms. The number of aromatic nitrogens is 1. The number of hydrogen-bond acceptors (Lipinski definition) is 5. The second kappa shape index (κ2) is 6.71. The molecule has 2 rings (SSSR count). The molecule has 1 aromatic rings. The number of alkyl halides is 3. The highest BCUT2D eigenvalue weighted by Gasteiger charge is 2.29. The van der Waals surface area contributed by atoms with Gasteiger partial charge < -0.3 is 20.1 Å². The number of amides is 1. The van der Waals surface area contributed by atoms with E-state index >= 15 is 0 Å². The van der Waals surface area contributed by atoms with Crippen LogP contribution < -0.4 is 15.4 Å². The first-order valence-corrected chi connectivity index (χ1v) is 6.71. The Kier molecular flexibility index (Phi) is 4.94. The molecule has 2 N–H and O–H groups in total. The number of piperidine rings is 1. The summed E-state index contributed by atoms with van der Waals surface area (Å²) in [5.41, 5.74) is 4.99. The second-order valence-electron chi connectivity index (χ2n) is 4.89. The lowest BCUT2D eigenvalue weighted by Crippen LogP contribution is -2.41. The number of ether oxygens (including phenoxy) is 2. The highest BCUT2D eigenvalue weighted by molar-refractivity contribution is 5.64. The molecule has 1 fully saturated rings. The number of nitrogens with two attached hydrogens (primary N) is 1. The van der Waals surface area contributed by atoms with E-state index in [0.717, 1.165) is 6.42 Å². The minimum atomic E-state index is -4.41. The van der Waals surface area contributed by atoms with Crippen molar-refractivity contribution < 1.29 is 27.4 Å². The predicted octanol–water partition coefficient (Wildman–Crippen LogP) is 2.09. The topological polar surface area (TPSA) is 77.7 Å². The molecule has 1 saturated heterocycles. The molecule has 0 aliphatic carbocycles. The van der Waals surface area contributed by atoms with Crippen LogP contribution in [0.25, 0.3) is 0 Å². The summed E-state index contributed by atoms with van der Waals surface area (Å²) in [7, 11) is 0. The van der Waals surface area contributed by atoms with Crippen molar-refractivity contribution in [1.29, 1.82) is 0 Å². The lowest BCUT2D eigenvalue weighted by molar-refractivity contribution is -0.154. The van der Waals surface area contributed by atoms with E-state index in [4.69, 9.17) is 10.5 Å². The maximum Gasteiger partial charge on any atom is 0.422 e. The minimum Gasteiger partial charge on any atom is -0.468 e. The highest BCUT2D eigenvalue weighted by atomic mass is 19.4. The van der Waals surface area contributed by atoms with Crippen molar-refractivity contribution in [1.82, 2.24) is 4.98 Å². The Morgan fingerprint density at radius 1 is 1.45 bits per heavy atom. The van der Waals surface area contributed by atoms with Gasteiger partial charge in [-0.1, -0.05) is 6.07 Å². The van der Waals surface area contributed by atoms with Crippen molar-refractivity contribution in [3.05, 3.63) is 18.2 Å². The number of carbonyl (C=O) groups excluding carboxylic acids is 1. The maximum absolute atomic E-state index is 12.1. The summed E-state index contributed by atoms with van der Waals surface area (Å²) in [5, 5.41) is 0. The zero-order valence-corrected chi connectivity index (χ0v) is 11.7. The van der Waals surface area contributed by atoms with E-state index in [1.807, 2.05) is 4.90 Å². The zero-order valence-electron chi connectivity index (χ0n) is 11.7. The van der Waals surface area contributed by atoms with Gasteiger partial charge in [-0.3, -0.25) is 0 Å².